The molecule has 0 aliphatic heterocycles. The van der Waals surface area contributed by atoms with Gasteiger partial charge in [0.2, 0.25) is 5.91 Å². The maximum Gasteiger partial charge on any atom is 0.251 e. The van der Waals surface area contributed by atoms with Crippen LogP contribution in [0.15, 0.2) is 53.7 Å². The summed E-state index contributed by atoms with van der Waals surface area (Å²) in [6, 6.07) is 14.0. The number of thioether (sulfide) groups is 1. The van der Waals surface area contributed by atoms with Crippen LogP contribution in [0.4, 0.5) is 5.13 Å². The Balaban J connectivity index is 1.34. The van der Waals surface area contributed by atoms with E-state index < -0.39 is 0 Å². The molecule has 0 aliphatic carbocycles. The molecule has 11 heteroatoms. The van der Waals surface area contributed by atoms with Gasteiger partial charge in [0.15, 0.2) is 16.1 Å². The quantitative estimate of drug-likeness (QED) is 0.377. The molecule has 0 saturated carbocycles. The third-order valence-electron chi connectivity index (χ3n) is 4.58. The van der Waals surface area contributed by atoms with Gasteiger partial charge in [0, 0.05) is 17.6 Å². The van der Waals surface area contributed by atoms with Gasteiger partial charge in [0.1, 0.15) is 0 Å². The summed E-state index contributed by atoms with van der Waals surface area (Å²) in [5.41, 5.74) is 1.36. The molecular weight excluding hydrogens is 468 g/mol. The van der Waals surface area contributed by atoms with Crippen LogP contribution in [0.3, 0.4) is 0 Å². The van der Waals surface area contributed by atoms with Gasteiger partial charge in [0.05, 0.1) is 22.0 Å². The van der Waals surface area contributed by atoms with E-state index in [1.165, 1.54) is 23.1 Å². The molecule has 0 radical (unpaired) electrons. The lowest BCUT2D eigenvalue weighted by Gasteiger charge is -2.13. The SMILES string of the molecule is C[C@@H](NC(=O)c1ccc(Cl)cc1)c1nnc(SCC(=O)Nc2nc3ccccc3s2)n1C. The molecule has 0 aliphatic rings. The van der Waals surface area contributed by atoms with Crippen LogP contribution in [0.5, 0.6) is 0 Å². The Bertz CT molecular complexity index is 1240. The highest BCUT2D eigenvalue weighted by atomic mass is 35.5. The van der Waals surface area contributed by atoms with Crippen LogP contribution in [0.25, 0.3) is 10.2 Å². The summed E-state index contributed by atoms with van der Waals surface area (Å²) < 4.78 is 2.78. The second-order valence-electron chi connectivity index (χ2n) is 6.93. The largest absolute Gasteiger partial charge is 0.342 e. The number of hydrogen-bond acceptors (Lipinski definition) is 7. The van der Waals surface area contributed by atoms with Crippen molar-refractivity contribution in [3.63, 3.8) is 0 Å². The molecule has 2 aromatic carbocycles. The summed E-state index contributed by atoms with van der Waals surface area (Å²) in [7, 11) is 1.80. The molecule has 2 aromatic heterocycles. The molecule has 2 heterocycles. The summed E-state index contributed by atoms with van der Waals surface area (Å²) >= 11 is 8.56. The van der Waals surface area contributed by atoms with E-state index in [2.05, 4.69) is 25.8 Å². The lowest BCUT2D eigenvalue weighted by atomic mass is 10.2. The zero-order chi connectivity index (χ0) is 22.7. The van der Waals surface area contributed by atoms with Crippen molar-refractivity contribution in [2.45, 2.75) is 18.1 Å². The first kappa shape index (κ1) is 22.3. The molecule has 4 rings (SSSR count). The van der Waals surface area contributed by atoms with Crippen LogP contribution >= 0.6 is 34.7 Å². The first-order valence-corrected chi connectivity index (χ1v) is 11.8. The number of carbonyl (C=O) groups is 2. The number of aromatic nitrogens is 4. The number of rotatable bonds is 7. The predicted molar refractivity (Wildman–Crippen MR) is 127 cm³/mol. The van der Waals surface area contributed by atoms with Crippen molar-refractivity contribution in [2.24, 2.45) is 7.05 Å². The number of fused-ring (bicyclic) bond motifs is 1. The normalized spacial score (nSPS) is 12.0. The first-order chi connectivity index (χ1) is 15.4. The van der Waals surface area contributed by atoms with E-state index in [0.717, 1.165) is 10.2 Å². The van der Waals surface area contributed by atoms with Gasteiger partial charge in [-0.05, 0) is 43.3 Å². The number of para-hydroxylation sites is 1. The summed E-state index contributed by atoms with van der Waals surface area (Å²) in [5.74, 6) is 0.332. The first-order valence-electron chi connectivity index (χ1n) is 9.64. The number of nitrogens with zero attached hydrogens (tertiary/aromatic N) is 4. The van der Waals surface area contributed by atoms with Gasteiger partial charge >= 0.3 is 0 Å². The van der Waals surface area contributed by atoms with Gasteiger partial charge < -0.3 is 15.2 Å². The number of amides is 2. The number of benzene rings is 2. The van der Waals surface area contributed by atoms with Crippen molar-refractivity contribution in [3.05, 3.63) is 64.9 Å². The standard InChI is InChI=1S/C21H19ClN6O2S2/c1-12(23-19(30)13-7-9-14(22)10-8-13)18-26-27-21(28(18)2)31-11-17(29)25-20-24-15-5-3-4-6-16(15)32-20/h3-10,12H,11H2,1-2H3,(H,23,30)(H,24,25,29)/t12-/m1/s1. The van der Waals surface area contributed by atoms with Crippen LogP contribution in [0, 0.1) is 0 Å². The molecule has 164 valence electrons. The monoisotopic (exact) mass is 486 g/mol. The van der Waals surface area contributed by atoms with Crippen LogP contribution in [0.2, 0.25) is 5.02 Å². The molecule has 0 unspecified atom stereocenters. The third kappa shape index (κ3) is 5.09. The fraction of sp³-hybridized carbons (Fsp3) is 0.190. The number of halogens is 1. The van der Waals surface area contributed by atoms with Crippen molar-refractivity contribution in [2.75, 3.05) is 11.1 Å². The van der Waals surface area contributed by atoms with E-state index in [0.29, 0.717) is 26.7 Å². The van der Waals surface area contributed by atoms with Crippen LogP contribution < -0.4 is 10.6 Å². The molecule has 2 N–H and O–H groups in total. The zero-order valence-electron chi connectivity index (χ0n) is 17.2. The summed E-state index contributed by atoms with van der Waals surface area (Å²) in [6.45, 7) is 1.83. The van der Waals surface area contributed by atoms with Crippen molar-refractivity contribution < 1.29 is 9.59 Å². The van der Waals surface area contributed by atoms with Crippen molar-refractivity contribution in [1.29, 1.82) is 0 Å². The topological polar surface area (TPSA) is 102 Å². The van der Waals surface area contributed by atoms with Gasteiger partial charge in [0.25, 0.3) is 5.91 Å². The minimum absolute atomic E-state index is 0.160. The maximum absolute atomic E-state index is 12.4. The van der Waals surface area contributed by atoms with Crippen LogP contribution in [-0.4, -0.2) is 37.3 Å². The van der Waals surface area contributed by atoms with Crippen molar-refractivity contribution in [1.82, 2.24) is 25.1 Å². The Labute approximate surface area is 197 Å². The van der Waals surface area contributed by atoms with E-state index in [9.17, 15) is 9.59 Å². The van der Waals surface area contributed by atoms with Gasteiger partial charge in [-0.1, -0.05) is 46.8 Å². The van der Waals surface area contributed by atoms with E-state index in [-0.39, 0.29) is 23.6 Å². The number of carbonyl (C=O) groups excluding carboxylic acids is 2. The smallest absolute Gasteiger partial charge is 0.251 e. The lowest BCUT2D eigenvalue weighted by molar-refractivity contribution is -0.113. The molecule has 32 heavy (non-hydrogen) atoms. The molecule has 8 nitrogen and oxygen atoms in total. The molecule has 0 fully saturated rings. The third-order valence-corrected chi connectivity index (χ3v) is 6.81. The highest BCUT2D eigenvalue weighted by Crippen LogP contribution is 2.26. The Kier molecular flexibility index (Phi) is 6.73. The van der Waals surface area contributed by atoms with Crippen molar-refractivity contribution in [3.8, 4) is 0 Å². The Morgan fingerprint density at radius 3 is 2.66 bits per heavy atom. The highest BCUT2D eigenvalue weighted by Gasteiger charge is 2.19. The summed E-state index contributed by atoms with van der Waals surface area (Å²) in [6.07, 6.45) is 0. The molecule has 2 amide bonds. The summed E-state index contributed by atoms with van der Waals surface area (Å²) in [4.78, 5) is 29.2. The number of thiazole rings is 1. The molecule has 4 aromatic rings. The predicted octanol–water partition coefficient (Wildman–Crippen LogP) is 4.30. The van der Waals surface area contributed by atoms with Gasteiger partial charge in [-0.15, -0.1) is 10.2 Å². The second kappa shape index (κ2) is 9.68. The van der Waals surface area contributed by atoms with Crippen LogP contribution in [0.1, 0.15) is 29.1 Å². The average molecular weight is 487 g/mol. The van der Waals surface area contributed by atoms with Crippen LogP contribution in [-0.2, 0) is 11.8 Å². The second-order valence-corrected chi connectivity index (χ2v) is 9.34. The van der Waals surface area contributed by atoms with Gasteiger partial charge in [-0.2, -0.15) is 0 Å². The summed E-state index contributed by atoms with van der Waals surface area (Å²) in [5, 5.41) is 15.8. The Morgan fingerprint density at radius 2 is 1.91 bits per heavy atom. The Hall–Kier alpha value is -2.95. The molecule has 0 spiro atoms. The molecule has 1 atom stereocenters. The van der Waals surface area contributed by atoms with Gasteiger partial charge in [-0.25, -0.2) is 4.98 Å². The highest BCUT2D eigenvalue weighted by molar-refractivity contribution is 7.99. The minimum Gasteiger partial charge on any atom is -0.342 e. The van der Waals surface area contributed by atoms with E-state index in [1.54, 1.807) is 35.9 Å². The molecule has 0 bridgehead atoms. The van der Waals surface area contributed by atoms with Crippen molar-refractivity contribution >= 4 is 61.9 Å². The minimum atomic E-state index is -0.374. The number of nitrogens with one attached hydrogen (secondary N) is 2. The van der Waals surface area contributed by atoms with E-state index >= 15 is 0 Å². The van der Waals surface area contributed by atoms with E-state index in [1.807, 2.05) is 31.2 Å². The van der Waals surface area contributed by atoms with E-state index in [4.69, 9.17) is 11.6 Å². The molecular formula is C21H19ClN6O2S2. The van der Waals surface area contributed by atoms with Gasteiger partial charge in [-0.3, -0.25) is 9.59 Å². The Morgan fingerprint density at radius 1 is 1.16 bits per heavy atom. The fourth-order valence-corrected chi connectivity index (χ4v) is 4.71. The average Bonchev–Trinajstić information content (AvgIpc) is 3.35. The zero-order valence-corrected chi connectivity index (χ0v) is 19.6. The fourth-order valence-electron chi connectivity index (χ4n) is 2.99. The maximum atomic E-state index is 12.4. The molecule has 0 saturated heterocycles. The number of anilines is 1. The lowest BCUT2D eigenvalue weighted by Crippen LogP contribution is -2.28. The number of hydrogen-bond donors (Lipinski definition) is 2.